The van der Waals surface area contributed by atoms with Crippen molar-refractivity contribution in [3.8, 4) is 36.4 Å². The summed E-state index contributed by atoms with van der Waals surface area (Å²) in [6, 6.07) is 10.5. The Hall–Kier alpha value is -2.98. The van der Waals surface area contributed by atoms with E-state index in [-0.39, 0.29) is 16.8 Å². The van der Waals surface area contributed by atoms with E-state index in [4.69, 9.17) is 31.6 Å². The van der Waals surface area contributed by atoms with Crippen LogP contribution >= 0.6 is 0 Å². The molecule has 0 aromatic heterocycles. The molecule has 0 amide bonds. The van der Waals surface area contributed by atoms with Gasteiger partial charge >= 0.3 is 31.3 Å². The average Bonchev–Trinajstić information content (AvgIpc) is 2.39. The van der Waals surface area contributed by atoms with Crippen LogP contribution < -0.4 is 0 Å². The van der Waals surface area contributed by atoms with Crippen LogP contribution in [0.1, 0.15) is 41.5 Å². The number of nitrogens with zero attached hydrogens (tertiary/aromatic N) is 6. The first-order chi connectivity index (χ1) is 12.5. The van der Waals surface area contributed by atoms with Gasteiger partial charge in [-0.15, -0.1) is 0 Å². The molecule has 0 aromatic rings. The van der Waals surface area contributed by atoms with Gasteiger partial charge in [0.1, 0.15) is 0 Å². The van der Waals surface area contributed by atoms with Gasteiger partial charge < -0.3 is 34.5 Å². The van der Waals surface area contributed by atoms with E-state index in [1.165, 1.54) is 41.5 Å². The van der Waals surface area contributed by atoms with Crippen molar-refractivity contribution in [1.82, 2.24) is 0 Å². The second kappa shape index (κ2) is 64.0. The summed E-state index contributed by atoms with van der Waals surface area (Å²) in [6.45, 7) is 8.58. The third-order valence-electron chi connectivity index (χ3n) is 0. The maximum absolute atomic E-state index is 9.75. The SMILES string of the molecule is CC#N.CC#N.CC#N.CC#N.CC#N.CC#N.F[B-](F)(F)F.F[B-](F)(F)F.[Co+2]. The Labute approximate surface area is 176 Å². The molecule has 0 aliphatic rings. The molecule has 1 radical (unpaired) electrons. The van der Waals surface area contributed by atoms with Crippen LogP contribution in [0.5, 0.6) is 0 Å². The predicted octanol–water partition coefficient (Wildman–Crippen LogP) is 5.78. The molecule has 0 spiro atoms. The zero-order valence-corrected chi connectivity index (χ0v) is 17.2. The van der Waals surface area contributed by atoms with Crippen molar-refractivity contribution in [1.29, 1.82) is 31.6 Å². The summed E-state index contributed by atoms with van der Waals surface area (Å²) in [5.41, 5.74) is 0. The van der Waals surface area contributed by atoms with E-state index in [0.717, 1.165) is 0 Å². The summed E-state index contributed by atoms with van der Waals surface area (Å²) in [6.07, 6.45) is 0. The Morgan fingerprint density at radius 3 is 0.379 bits per heavy atom. The Morgan fingerprint density at radius 1 is 0.379 bits per heavy atom. The Morgan fingerprint density at radius 2 is 0.379 bits per heavy atom. The summed E-state index contributed by atoms with van der Waals surface area (Å²) in [4.78, 5) is 0. The number of hydrogen-bond acceptors (Lipinski definition) is 6. The van der Waals surface area contributed by atoms with Gasteiger partial charge in [0, 0.05) is 41.5 Å². The summed E-state index contributed by atoms with van der Waals surface area (Å²) in [5.74, 6) is 0. The molecule has 0 rings (SSSR count). The van der Waals surface area contributed by atoms with Gasteiger partial charge in [-0.05, 0) is 0 Å². The Balaban J connectivity index is -0.0000000227. The van der Waals surface area contributed by atoms with E-state index < -0.39 is 14.5 Å². The molecule has 0 atom stereocenters. The maximum atomic E-state index is 9.75. The fourth-order valence-corrected chi connectivity index (χ4v) is 0. The van der Waals surface area contributed by atoms with Gasteiger partial charge in [0.25, 0.3) is 0 Å². The molecule has 0 fully saturated rings. The van der Waals surface area contributed by atoms with Crippen LogP contribution in [0.15, 0.2) is 0 Å². The molecule has 0 saturated carbocycles. The normalized spacial score (nSPS) is 5.79. The monoisotopic (exact) mass is 479 g/mol. The van der Waals surface area contributed by atoms with Gasteiger partial charge in [0.05, 0.1) is 36.4 Å². The number of hydrogen-bond donors (Lipinski definition) is 0. The van der Waals surface area contributed by atoms with Crippen LogP contribution in [0.25, 0.3) is 0 Å². The van der Waals surface area contributed by atoms with E-state index in [1.807, 2.05) is 0 Å². The third kappa shape index (κ3) is 1490. The van der Waals surface area contributed by atoms with Gasteiger partial charge in [-0.25, -0.2) is 0 Å². The molecule has 29 heavy (non-hydrogen) atoms. The van der Waals surface area contributed by atoms with E-state index in [2.05, 4.69) is 0 Å². The summed E-state index contributed by atoms with van der Waals surface area (Å²) in [7, 11) is -12.0. The third-order valence-corrected chi connectivity index (χ3v) is 0. The largest absolute Gasteiger partial charge is 2.00 e. The first kappa shape index (κ1) is 56.2. The first-order valence-electron chi connectivity index (χ1n) is 6.09. The summed E-state index contributed by atoms with van der Waals surface area (Å²) < 4.78 is 78.0. The standard InChI is InChI=1S/6C2H3N.2BF4.Co/c6*1-2-3;2*2-1(3,4)5;/h6*1H3;;;/q;;;;;;2*-1;+2. The van der Waals surface area contributed by atoms with E-state index in [1.54, 1.807) is 36.4 Å². The molecule has 0 aromatic carbocycles. The van der Waals surface area contributed by atoms with E-state index in [9.17, 15) is 34.5 Å². The van der Waals surface area contributed by atoms with Crippen molar-refractivity contribution in [2.75, 3.05) is 0 Å². The molecule has 167 valence electrons. The zero-order chi connectivity index (χ0) is 25.2. The van der Waals surface area contributed by atoms with Crippen molar-refractivity contribution in [3.05, 3.63) is 0 Å². The van der Waals surface area contributed by atoms with Crippen molar-refractivity contribution >= 4 is 14.5 Å². The first-order valence-corrected chi connectivity index (χ1v) is 6.09. The van der Waals surface area contributed by atoms with Crippen LogP contribution in [-0.4, -0.2) is 14.5 Å². The molecule has 17 heteroatoms. The van der Waals surface area contributed by atoms with Crippen molar-refractivity contribution in [2.24, 2.45) is 0 Å². The smallest absolute Gasteiger partial charge is 0.418 e. The van der Waals surface area contributed by atoms with Gasteiger partial charge in [-0.2, -0.15) is 31.6 Å². The molecule has 0 unspecified atom stereocenters. The van der Waals surface area contributed by atoms with E-state index >= 15 is 0 Å². The molecule has 0 saturated heterocycles. The van der Waals surface area contributed by atoms with E-state index in [0.29, 0.717) is 0 Å². The molecule has 0 aliphatic carbocycles. The quantitative estimate of drug-likeness (QED) is 0.319. The minimum absolute atomic E-state index is 0. The second-order valence-electron chi connectivity index (χ2n) is 2.33. The number of rotatable bonds is 0. The van der Waals surface area contributed by atoms with Crippen LogP contribution in [0, 0.1) is 68.0 Å². The van der Waals surface area contributed by atoms with Crippen LogP contribution in [-0.2, 0) is 16.8 Å². The van der Waals surface area contributed by atoms with Crippen molar-refractivity contribution in [2.45, 2.75) is 41.5 Å². The van der Waals surface area contributed by atoms with Gasteiger partial charge in [-0.1, -0.05) is 0 Å². The van der Waals surface area contributed by atoms with Crippen LogP contribution in [0.2, 0.25) is 0 Å². The Bertz CT molecular complexity index is 399. The summed E-state index contributed by atoms with van der Waals surface area (Å²) in [5, 5.41) is 43.9. The van der Waals surface area contributed by atoms with Gasteiger partial charge in [0.15, 0.2) is 0 Å². The fourth-order valence-electron chi connectivity index (χ4n) is 0. The zero-order valence-electron chi connectivity index (χ0n) is 16.2. The van der Waals surface area contributed by atoms with Crippen LogP contribution in [0.4, 0.5) is 34.5 Å². The topological polar surface area (TPSA) is 143 Å². The molecule has 6 nitrogen and oxygen atoms in total. The number of nitriles is 6. The van der Waals surface area contributed by atoms with Crippen molar-refractivity contribution < 1.29 is 51.3 Å². The molecular weight excluding hydrogens is 461 g/mol. The molecule has 0 aliphatic heterocycles. The number of halogens is 8. The minimum atomic E-state index is -6.00. The van der Waals surface area contributed by atoms with Gasteiger partial charge in [-0.3, -0.25) is 0 Å². The minimum Gasteiger partial charge on any atom is -0.418 e. The fraction of sp³-hybridized carbons (Fsp3) is 0.500. The molecular formula is C12H18B2CoF8N6. The Kier molecular flexibility index (Phi) is 124. The average molecular weight is 479 g/mol. The van der Waals surface area contributed by atoms with Crippen molar-refractivity contribution in [3.63, 3.8) is 0 Å². The van der Waals surface area contributed by atoms with Crippen LogP contribution in [0.3, 0.4) is 0 Å². The molecule has 0 N–H and O–H groups in total. The summed E-state index contributed by atoms with van der Waals surface area (Å²) >= 11 is 0. The maximum Gasteiger partial charge on any atom is 2.00 e. The second-order valence-corrected chi connectivity index (χ2v) is 2.33. The molecule has 0 bridgehead atoms. The predicted molar refractivity (Wildman–Crippen MR) is 88.1 cm³/mol. The molecule has 0 heterocycles. The van der Waals surface area contributed by atoms with Gasteiger partial charge in [0.2, 0.25) is 0 Å².